The molecule has 2 fully saturated rings. The lowest BCUT2D eigenvalue weighted by atomic mass is 10.0. The highest BCUT2D eigenvalue weighted by Crippen LogP contribution is 2.23. The molecule has 2 aliphatic heterocycles. The fourth-order valence-electron chi connectivity index (χ4n) is 2.33. The highest BCUT2D eigenvalue weighted by molar-refractivity contribution is 5.77. The van der Waals surface area contributed by atoms with Crippen LogP contribution in [0.2, 0.25) is 0 Å². The molecular formula is C12H20N2O5. The van der Waals surface area contributed by atoms with E-state index in [1.807, 2.05) is 6.92 Å². The SMILES string of the molecule is CC1(CNC(=O)N2CCOC(C(=O)O)C2)CCCO1. The van der Waals surface area contributed by atoms with Crippen molar-refractivity contribution in [3.8, 4) is 0 Å². The number of carbonyl (C=O) groups excluding carboxylic acids is 1. The van der Waals surface area contributed by atoms with E-state index in [2.05, 4.69) is 5.32 Å². The monoisotopic (exact) mass is 272 g/mol. The van der Waals surface area contributed by atoms with E-state index in [1.54, 1.807) is 0 Å². The van der Waals surface area contributed by atoms with Crippen molar-refractivity contribution in [3.05, 3.63) is 0 Å². The van der Waals surface area contributed by atoms with E-state index < -0.39 is 12.1 Å². The minimum absolute atomic E-state index is 0.0821. The fourth-order valence-corrected chi connectivity index (χ4v) is 2.33. The first-order valence-electron chi connectivity index (χ1n) is 6.51. The number of hydrogen-bond donors (Lipinski definition) is 2. The summed E-state index contributed by atoms with van der Waals surface area (Å²) >= 11 is 0. The van der Waals surface area contributed by atoms with Crippen molar-refractivity contribution in [1.82, 2.24) is 10.2 Å². The van der Waals surface area contributed by atoms with Crippen molar-refractivity contribution in [2.24, 2.45) is 0 Å². The first-order chi connectivity index (χ1) is 9.00. The second-order valence-electron chi connectivity index (χ2n) is 5.20. The van der Waals surface area contributed by atoms with Gasteiger partial charge >= 0.3 is 12.0 Å². The molecule has 0 aliphatic carbocycles. The van der Waals surface area contributed by atoms with Crippen LogP contribution in [0.5, 0.6) is 0 Å². The molecule has 7 heteroatoms. The summed E-state index contributed by atoms with van der Waals surface area (Å²) in [5, 5.41) is 11.7. The van der Waals surface area contributed by atoms with Gasteiger partial charge in [0.25, 0.3) is 0 Å². The van der Waals surface area contributed by atoms with Crippen LogP contribution in [0.25, 0.3) is 0 Å². The Kier molecular flexibility index (Phi) is 4.26. The zero-order chi connectivity index (χ0) is 13.9. The first kappa shape index (κ1) is 14.1. The maximum absolute atomic E-state index is 12.0. The van der Waals surface area contributed by atoms with Crippen LogP contribution < -0.4 is 5.32 Å². The quantitative estimate of drug-likeness (QED) is 0.758. The molecule has 0 spiro atoms. The van der Waals surface area contributed by atoms with E-state index in [0.717, 1.165) is 19.4 Å². The van der Waals surface area contributed by atoms with Gasteiger partial charge in [-0.2, -0.15) is 0 Å². The Morgan fingerprint density at radius 2 is 2.26 bits per heavy atom. The predicted molar refractivity (Wildman–Crippen MR) is 65.9 cm³/mol. The van der Waals surface area contributed by atoms with Crippen LogP contribution in [-0.4, -0.2) is 66.6 Å². The van der Waals surface area contributed by atoms with Crippen LogP contribution in [0.1, 0.15) is 19.8 Å². The number of amides is 2. The third-order valence-corrected chi connectivity index (χ3v) is 3.54. The average Bonchev–Trinajstić information content (AvgIpc) is 2.83. The Morgan fingerprint density at radius 3 is 2.89 bits per heavy atom. The van der Waals surface area contributed by atoms with Crippen LogP contribution >= 0.6 is 0 Å². The molecule has 0 saturated carbocycles. The smallest absolute Gasteiger partial charge is 0.334 e. The van der Waals surface area contributed by atoms with Gasteiger partial charge < -0.3 is 24.8 Å². The lowest BCUT2D eigenvalue weighted by Crippen LogP contribution is -2.53. The lowest BCUT2D eigenvalue weighted by Gasteiger charge is -2.32. The predicted octanol–water partition coefficient (Wildman–Crippen LogP) is 0.0505. The summed E-state index contributed by atoms with van der Waals surface area (Å²) in [7, 11) is 0. The molecule has 0 aromatic carbocycles. The number of aliphatic carboxylic acids is 1. The third-order valence-electron chi connectivity index (χ3n) is 3.54. The summed E-state index contributed by atoms with van der Waals surface area (Å²) in [4.78, 5) is 24.3. The number of nitrogens with one attached hydrogen (secondary N) is 1. The van der Waals surface area contributed by atoms with Crippen LogP contribution in [0.3, 0.4) is 0 Å². The Bertz CT molecular complexity index is 354. The number of carboxylic acids is 1. The molecular weight excluding hydrogens is 252 g/mol. The molecule has 2 rings (SSSR count). The molecule has 2 N–H and O–H groups in total. The number of carboxylic acid groups (broad SMARTS) is 1. The van der Waals surface area contributed by atoms with Gasteiger partial charge in [-0.1, -0.05) is 0 Å². The molecule has 19 heavy (non-hydrogen) atoms. The number of ether oxygens (including phenoxy) is 2. The summed E-state index contributed by atoms with van der Waals surface area (Å²) in [6, 6.07) is -0.258. The summed E-state index contributed by atoms with van der Waals surface area (Å²) in [6.45, 7) is 3.88. The van der Waals surface area contributed by atoms with Gasteiger partial charge in [0.05, 0.1) is 18.8 Å². The van der Waals surface area contributed by atoms with E-state index in [9.17, 15) is 9.59 Å². The number of morpholine rings is 1. The number of nitrogens with zero attached hydrogens (tertiary/aromatic N) is 1. The maximum Gasteiger partial charge on any atom is 0.334 e. The first-order valence-corrected chi connectivity index (χ1v) is 6.51. The molecule has 7 nitrogen and oxygen atoms in total. The Balaban J connectivity index is 1.80. The van der Waals surface area contributed by atoms with Gasteiger partial charge in [0.1, 0.15) is 0 Å². The Labute approximate surface area is 111 Å². The minimum atomic E-state index is -1.04. The topological polar surface area (TPSA) is 88.1 Å². The van der Waals surface area contributed by atoms with Gasteiger partial charge in [0.2, 0.25) is 0 Å². The molecule has 0 radical (unpaired) electrons. The van der Waals surface area contributed by atoms with E-state index in [-0.39, 0.29) is 24.8 Å². The normalized spacial score (nSPS) is 31.2. The third kappa shape index (κ3) is 3.57. The minimum Gasteiger partial charge on any atom is -0.479 e. The molecule has 2 atom stereocenters. The standard InChI is InChI=1S/C12H20N2O5/c1-12(3-2-5-19-12)8-13-11(17)14-4-6-18-9(7-14)10(15)16/h9H,2-8H2,1H3,(H,13,17)(H,15,16). The van der Waals surface area contributed by atoms with Gasteiger partial charge in [-0.25, -0.2) is 9.59 Å². The van der Waals surface area contributed by atoms with Crippen LogP contribution in [-0.2, 0) is 14.3 Å². The second-order valence-corrected chi connectivity index (χ2v) is 5.20. The molecule has 2 unspecified atom stereocenters. The van der Waals surface area contributed by atoms with E-state index in [1.165, 1.54) is 4.90 Å². The molecule has 0 aromatic rings. The molecule has 0 bridgehead atoms. The highest BCUT2D eigenvalue weighted by atomic mass is 16.5. The van der Waals surface area contributed by atoms with Crippen molar-refractivity contribution in [3.63, 3.8) is 0 Å². The molecule has 2 amide bonds. The van der Waals surface area contributed by atoms with Gasteiger partial charge in [-0.05, 0) is 19.8 Å². The lowest BCUT2D eigenvalue weighted by molar-refractivity contribution is -0.154. The van der Waals surface area contributed by atoms with E-state index in [0.29, 0.717) is 13.1 Å². The molecule has 108 valence electrons. The van der Waals surface area contributed by atoms with E-state index >= 15 is 0 Å². The zero-order valence-corrected chi connectivity index (χ0v) is 11.1. The van der Waals surface area contributed by atoms with Crippen LogP contribution in [0.4, 0.5) is 4.79 Å². The number of carbonyl (C=O) groups is 2. The van der Waals surface area contributed by atoms with Gasteiger partial charge in [0, 0.05) is 19.7 Å². The number of urea groups is 1. The Morgan fingerprint density at radius 1 is 1.47 bits per heavy atom. The van der Waals surface area contributed by atoms with Gasteiger partial charge in [0.15, 0.2) is 6.10 Å². The van der Waals surface area contributed by atoms with Gasteiger partial charge in [-0.15, -0.1) is 0 Å². The molecule has 2 saturated heterocycles. The summed E-state index contributed by atoms with van der Waals surface area (Å²) < 4.78 is 10.7. The summed E-state index contributed by atoms with van der Waals surface area (Å²) in [6.07, 6.45) is 0.997. The van der Waals surface area contributed by atoms with Crippen molar-refractivity contribution >= 4 is 12.0 Å². The maximum atomic E-state index is 12.0. The number of hydrogen-bond acceptors (Lipinski definition) is 4. The van der Waals surface area contributed by atoms with Crippen LogP contribution in [0.15, 0.2) is 0 Å². The van der Waals surface area contributed by atoms with Crippen molar-refractivity contribution in [2.75, 3.05) is 32.8 Å². The van der Waals surface area contributed by atoms with Crippen molar-refractivity contribution in [2.45, 2.75) is 31.5 Å². The summed E-state index contributed by atoms with van der Waals surface area (Å²) in [5.74, 6) is -1.04. The molecule has 0 aromatic heterocycles. The molecule has 2 aliphatic rings. The highest BCUT2D eigenvalue weighted by Gasteiger charge is 2.32. The zero-order valence-electron chi connectivity index (χ0n) is 11.1. The second kappa shape index (κ2) is 5.75. The van der Waals surface area contributed by atoms with Crippen LogP contribution in [0, 0.1) is 0 Å². The van der Waals surface area contributed by atoms with Crippen molar-refractivity contribution in [1.29, 1.82) is 0 Å². The Hall–Kier alpha value is -1.34. The fraction of sp³-hybridized carbons (Fsp3) is 0.833. The van der Waals surface area contributed by atoms with E-state index in [4.69, 9.17) is 14.6 Å². The summed E-state index contributed by atoms with van der Waals surface area (Å²) in [5.41, 5.74) is -0.297. The van der Waals surface area contributed by atoms with Gasteiger partial charge in [-0.3, -0.25) is 0 Å². The number of rotatable bonds is 3. The molecule has 2 heterocycles. The van der Waals surface area contributed by atoms with Crippen molar-refractivity contribution < 1.29 is 24.2 Å². The average molecular weight is 272 g/mol. The largest absolute Gasteiger partial charge is 0.479 e.